The van der Waals surface area contributed by atoms with Crippen LogP contribution in [0.1, 0.15) is 46.0 Å². The summed E-state index contributed by atoms with van der Waals surface area (Å²) in [6.07, 6.45) is 6.20. The van der Waals surface area contributed by atoms with Crippen molar-refractivity contribution in [2.24, 2.45) is 21.8 Å². The zero-order valence-electron chi connectivity index (χ0n) is 11.7. The van der Waals surface area contributed by atoms with Gasteiger partial charge in [-0.1, -0.05) is 20.3 Å². The second-order valence-corrected chi connectivity index (χ2v) is 6.29. The average molecular weight is 247 g/mol. The minimum atomic E-state index is 0.576. The molecular formula is C15H25N3. The van der Waals surface area contributed by atoms with Gasteiger partial charge in [-0.15, -0.1) is 0 Å². The fraction of sp³-hybridized carbons (Fsp3) is 0.867. The second kappa shape index (κ2) is 5.12. The van der Waals surface area contributed by atoms with Crippen molar-refractivity contribution in [1.29, 1.82) is 0 Å². The van der Waals surface area contributed by atoms with Crippen LogP contribution >= 0.6 is 0 Å². The summed E-state index contributed by atoms with van der Waals surface area (Å²) in [5.74, 6) is 1.24. The molecule has 0 radical (unpaired) electrons. The predicted octanol–water partition coefficient (Wildman–Crippen LogP) is 2.46. The van der Waals surface area contributed by atoms with Gasteiger partial charge in [0.25, 0.3) is 0 Å². The van der Waals surface area contributed by atoms with Gasteiger partial charge >= 0.3 is 0 Å². The second-order valence-electron chi connectivity index (χ2n) is 6.29. The highest BCUT2D eigenvalue weighted by molar-refractivity contribution is 6.06. The van der Waals surface area contributed by atoms with E-state index in [1.54, 1.807) is 0 Å². The molecule has 1 N–H and O–H groups in total. The summed E-state index contributed by atoms with van der Waals surface area (Å²) in [6, 6.07) is 1.25. The van der Waals surface area contributed by atoms with E-state index >= 15 is 0 Å². The number of hydrogen-bond acceptors (Lipinski definition) is 3. The lowest BCUT2D eigenvalue weighted by atomic mass is 9.92. The molecule has 100 valence electrons. The Morgan fingerprint density at radius 1 is 1.17 bits per heavy atom. The Bertz CT molecular complexity index is 372. The van der Waals surface area contributed by atoms with Crippen LogP contribution in [0.15, 0.2) is 9.98 Å². The van der Waals surface area contributed by atoms with Gasteiger partial charge in [0.15, 0.2) is 0 Å². The Morgan fingerprint density at radius 3 is 2.94 bits per heavy atom. The van der Waals surface area contributed by atoms with Crippen LogP contribution in [-0.2, 0) is 0 Å². The minimum absolute atomic E-state index is 0.576. The zero-order valence-corrected chi connectivity index (χ0v) is 11.7. The Kier molecular flexibility index (Phi) is 3.51. The number of nitrogens with one attached hydrogen (secondary N) is 1. The van der Waals surface area contributed by atoms with Gasteiger partial charge in [0, 0.05) is 42.9 Å². The summed E-state index contributed by atoms with van der Waals surface area (Å²) in [6.45, 7) is 6.77. The third kappa shape index (κ3) is 2.66. The summed E-state index contributed by atoms with van der Waals surface area (Å²) in [7, 11) is 0. The summed E-state index contributed by atoms with van der Waals surface area (Å²) < 4.78 is 0. The highest BCUT2D eigenvalue weighted by Gasteiger charge is 2.39. The molecule has 2 aliphatic heterocycles. The van der Waals surface area contributed by atoms with Crippen LogP contribution < -0.4 is 5.32 Å². The average Bonchev–Trinajstić information content (AvgIpc) is 3.12. The van der Waals surface area contributed by atoms with E-state index in [9.17, 15) is 0 Å². The lowest BCUT2D eigenvalue weighted by Crippen LogP contribution is -2.28. The molecule has 3 rings (SSSR count). The van der Waals surface area contributed by atoms with E-state index in [4.69, 9.17) is 9.98 Å². The molecule has 3 aliphatic rings. The van der Waals surface area contributed by atoms with Crippen molar-refractivity contribution < 1.29 is 0 Å². The molecule has 0 aromatic carbocycles. The molecular weight excluding hydrogens is 222 g/mol. The quantitative estimate of drug-likeness (QED) is 0.799. The molecule has 0 saturated heterocycles. The Hall–Kier alpha value is -0.700. The normalized spacial score (nSPS) is 40.1. The van der Waals surface area contributed by atoms with Crippen LogP contribution in [0.3, 0.4) is 0 Å². The number of fused-ring (bicyclic) bond motifs is 1. The molecule has 4 atom stereocenters. The maximum Gasteiger partial charge on any atom is 0.0668 e. The van der Waals surface area contributed by atoms with E-state index < -0.39 is 0 Å². The fourth-order valence-corrected chi connectivity index (χ4v) is 3.07. The zero-order chi connectivity index (χ0) is 12.5. The van der Waals surface area contributed by atoms with Crippen molar-refractivity contribution in [3.05, 3.63) is 0 Å². The first-order valence-electron chi connectivity index (χ1n) is 7.57. The minimum Gasteiger partial charge on any atom is -0.311 e. The van der Waals surface area contributed by atoms with Crippen LogP contribution in [0.2, 0.25) is 0 Å². The number of hydrogen-bond donors (Lipinski definition) is 1. The lowest BCUT2D eigenvalue weighted by Gasteiger charge is -2.17. The van der Waals surface area contributed by atoms with Gasteiger partial charge in [-0.2, -0.15) is 0 Å². The predicted molar refractivity (Wildman–Crippen MR) is 76.7 cm³/mol. The Morgan fingerprint density at radius 2 is 2.06 bits per heavy atom. The topological polar surface area (TPSA) is 36.8 Å². The monoisotopic (exact) mass is 247 g/mol. The molecule has 0 spiro atoms. The summed E-state index contributed by atoms with van der Waals surface area (Å²) in [5.41, 5.74) is 2.82. The highest BCUT2D eigenvalue weighted by atomic mass is 15.1. The molecule has 0 aromatic heterocycles. The number of aliphatic imine (C=N–C) groups is 2. The van der Waals surface area contributed by atoms with E-state index in [0.29, 0.717) is 23.9 Å². The van der Waals surface area contributed by atoms with Crippen molar-refractivity contribution in [1.82, 2.24) is 5.32 Å². The standard InChI is InChI=1S/C15H25N3/c1-10-5-3-4-6-16-12(10)7-13-11(2)9-17-14-8-15(14)18-13/h10-11,14-15,17H,3-9H2,1-2H3/t10?,11-,14?,15?/m0/s1. The largest absolute Gasteiger partial charge is 0.311 e. The smallest absolute Gasteiger partial charge is 0.0668 e. The van der Waals surface area contributed by atoms with Crippen molar-refractivity contribution in [3.8, 4) is 0 Å². The maximum atomic E-state index is 4.96. The number of rotatable bonds is 2. The van der Waals surface area contributed by atoms with E-state index in [1.807, 2.05) is 0 Å². The van der Waals surface area contributed by atoms with Gasteiger partial charge in [0.2, 0.25) is 0 Å². The molecule has 1 fully saturated rings. The molecule has 2 heterocycles. The van der Waals surface area contributed by atoms with Gasteiger partial charge < -0.3 is 5.32 Å². The third-order valence-electron chi connectivity index (χ3n) is 4.63. The molecule has 0 aromatic rings. The van der Waals surface area contributed by atoms with Gasteiger partial charge in [0.1, 0.15) is 0 Å². The summed E-state index contributed by atoms with van der Waals surface area (Å²) >= 11 is 0. The maximum absolute atomic E-state index is 4.96. The Labute approximate surface area is 110 Å². The SMILES string of the molecule is CC1CCCCN=C1CC1=NC2CC2NC[C@@H]1C. The van der Waals surface area contributed by atoms with Crippen molar-refractivity contribution in [2.75, 3.05) is 13.1 Å². The van der Waals surface area contributed by atoms with E-state index in [2.05, 4.69) is 19.2 Å². The van der Waals surface area contributed by atoms with E-state index in [1.165, 1.54) is 37.1 Å². The molecule has 0 amide bonds. The van der Waals surface area contributed by atoms with Crippen molar-refractivity contribution in [3.63, 3.8) is 0 Å². The molecule has 3 heteroatoms. The Balaban J connectivity index is 1.72. The molecule has 18 heavy (non-hydrogen) atoms. The first-order valence-corrected chi connectivity index (χ1v) is 7.57. The van der Waals surface area contributed by atoms with E-state index in [-0.39, 0.29) is 0 Å². The van der Waals surface area contributed by atoms with Crippen molar-refractivity contribution >= 4 is 11.4 Å². The molecule has 3 unspecified atom stereocenters. The highest BCUT2D eigenvalue weighted by Crippen LogP contribution is 2.30. The summed E-state index contributed by atoms with van der Waals surface area (Å²) in [4.78, 5) is 9.78. The van der Waals surface area contributed by atoms with Gasteiger partial charge in [0.05, 0.1) is 6.04 Å². The van der Waals surface area contributed by atoms with Crippen LogP contribution in [0.25, 0.3) is 0 Å². The lowest BCUT2D eigenvalue weighted by molar-refractivity contribution is 0.614. The van der Waals surface area contributed by atoms with Gasteiger partial charge in [-0.05, 0) is 25.2 Å². The molecule has 1 aliphatic carbocycles. The number of nitrogens with zero attached hydrogens (tertiary/aromatic N) is 2. The summed E-state index contributed by atoms with van der Waals surface area (Å²) in [5, 5.41) is 3.60. The van der Waals surface area contributed by atoms with Gasteiger partial charge in [-0.3, -0.25) is 9.98 Å². The first kappa shape index (κ1) is 12.3. The molecule has 1 saturated carbocycles. The van der Waals surface area contributed by atoms with E-state index in [0.717, 1.165) is 19.5 Å². The van der Waals surface area contributed by atoms with Crippen molar-refractivity contribution in [2.45, 2.75) is 58.0 Å². The van der Waals surface area contributed by atoms with Crippen LogP contribution in [0.4, 0.5) is 0 Å². The molecule has 3 nitrogen and oxygen atoms in total. The van der Waals surface area contributed by atoms with Crippen LogP contribution in [-0.4, -0.2) is 36.6 Å². The van der Waals surface area contributed by atoms with Gasteiger partial charge in [-0.25, -0.2) is 0 Å². The van der Waals surface area contributed by atoms with Crippen LogP contribution in [0.5, 0.6) is 0 Å². The molecule has 0 bridgehead atoms. The fourth-order valence-electron chi connectivity index (χ4n) is 3.07. The first-order chi connectivity index (χ1) is 8.74. The van der Waals surface area contributed by atoms with Crippen LogP contribution in [0, 0.1) is 11.8 Å². The third-order valence-corrected chi connectivity index (χ3v) is 4.63.